The molecule has 0 aromatic heterocycles. The third kappa shape index (κ3) is 3.73. The van der Waals surface area contributed by atoms with Crippen LogP contribution >= 0.6 is 0 Å². The van der Waals surface area contributed by atoms with Gasteiger partial charge in [0.1, 0.15) is 28.4 Å². The Morgan fingerprint density at radius 3 is 1.47 bits per heavy atom. The van der Waals surface area contributed by atoms with Crippen LogP contribution in [0.15, 0.2) is 23.3 Å². The molecule has 0 unspecified atom stereocenters. The Kier molecular flexibility index (Phi) is 3.66. The minimum atomic E-state index is -1.36. The summed E-state index contributed by atoms with van der Waals surface area (Å²) < 4.78 is 5.87. The second-order valence-corrected chi connectivity index (χ2v) is 16.7. The van der Waals surface area contributed by atoms with E-state index >= 15 is 0 Å². The van der Waals surface area contributed by atoms with E-state index in [0.717, 1.165) is 11.1 Å². The van der Waals surface area contributed by atoms with E-state index in [9.17, 15) is 0 Å². The molecule has 2 atom stereocenters. The normalized spacial score (nSPS) is 24.9. The van der Waals surface area contributed by atoms with Crippen molar-refractivity contribution in [2.24, 2.45) is 0 Å². The van der Waals surface area contributed by atoms with Gasteiger partial charge >= 0.3 is 0 Å². The minimum Gasteiger partial charge on any atom is -0.356 e. The molecule has 0 amide bonds. The minimum absolute atomic E-state index is 0.0554. The lowest BCUT2D eigenvalue weighted by Crippen LogP contribution is -2.17. The second-order valence-electron chi connectivity index (χ2n) is 7.19. The average Bonchev–Trinajstić information content (AvgIpc) is 2.81. The molecule has 2 rings (SSSR count). The molecular weight excluding hydrogens is 264 g/mol. The van der Waals surface area contributed by atoms with Gasteiger partial charge in [0.15, 0.2) is 0 Å². The summed E-state index contributed by atoms with van der Waals surface area (Å²) >= 11 is 0. The lowest BCUT2D eigenvalue weighted by molar-refractivity contribution is 0.131. The number of hydrogen-bond donors (Lipinski definition) is 0. The SMILES string of the molecule is C[Si](C)(C)C#CC1=C(C#C[Si](C)(C)C)[C@H]2C=C[C@@H]1O2. The third-order valence-electron chi connectivity index (χ3n) is 2.76. The first-order chi connectivity index (χ1) is 8.66. The molecule has 0 saturated heterocycles. The van der Waals surface area contributed by atoms with Crippen LogP contribution in [-0.4, -0.2) is 28.4 Å². The molecule has 0 saturated carbocycles. The summed E-state index contributed by atoms with van der Waals surface area (Å²) in [5.41, 5.74) is 9.10. The summed E-state index contributed by atoms with van der Waals surface area (Å²) in [6, 6.07) is 0. The van der Waals surface area contributed by atoms with Crippen LogP contribution in [-0.2, 0) is 4.74 Å². The van der Waals surface area contributed by atoms with Gasteiger partial charge in [-0.1, -0.05) is 63.3 Å². The largest absolute Gasteiger partial charge is 0.356 e. The molecule has 0 fully saturated rings. The summed E-state index contributed by atoms with van der Waals surface area (Å²) in [4.78, 5) is 0. The molecule has 0 radical (unpaired) electrons. The van der Waals surface area contributed by atoms with Gasteiger partial charge in [0.2, 0.25) is 0 Å². The van der Waals surface area contributed by atoms with Gasteiger partial charge in [-0.15, -0.1) is 11.1 Å². The first-order valence-electron chi connectivity index (χ1n) is 6.80. The number of hydrogen-bond acceptors (Lipinski definition) is 1. The van der Waals surface area contributed by atoms with Crippen molar-refractivity contribution in [1.29, 1.82) is 0 Å². The van der Waals surface area contributed by atoms with Crippen LogP contribution in [0.3, 0.4) is 0 Å². The van der Waals surface area contributed by atoms with Gasteiger partial charge in [-0.2, -0.15) is 0 Å². The van der Waals surface area contributed by atoms with Crippen LogP contribution in [0.4, 0.5) is 0 Å². The van der Waals surface area contributed by atoms with Gasteiger partial charge in [-0.05, 0) is 0 Å². The van der Waals surface area contributed by atoms with Crippen molar-refractivity contribution in [2.45, 2.75) is 51.5 Å². The fourth-order valence-corrected chi connectivity index (χ4v) is 2.89. The molecule has 0 aliphatic carbocycles. The maximum atomic E-state index is 5.87. The smallest absolute Gasteiger partial charge is 0.129 e. The molecule has 0 spiro atoms. The maximum absolute atomic E-state index is 5.87. The Bertz CT molecular complexity index is 512. The van der Waals surface area contributed by atoms with Gasteiger partial charge in [0.25, 0.3) is 0 Å². The van der Waals surface area contributed by atoms with Crippen molar-refractivity contribution in [2.75, 3.05) is 0 Å². The van der Waals surface area contributed by atoms with E-state index < -0.39 is 16.1 Å². The quantitative estimate of drug-likeness (QED) is 0.377. The fraction of sp³-hybridized carbons (Fsp3) is 0.500. The standard InChI is InChI=1S/C16H22OSi2/c1-18(2,3)11-9-13-14(10-12-19(4,5)6)16-8-7-15(13)17-16/h7-8,15-16H,1-6H3/t15-,16+. The van der Waals surface area contributed by atoms with Crippen LogP contribution in [0.1, 0.15) is 0 Å². The van der Waals surface area contributed by atoms with E-state index in [1.165, 1.54) is 0 Å². The molecular formula is C16H22OSi2. The highest BCUT2D eigenvalue weighted by Crippen LogP contribution is 2.33. The molecule has 2 bridgehead atoms. The predicted molar refractivity (Wildman–Crippen MR) is 87.1 cm³/mol. The fourth-order valence-electron chi connectivity index (χ4n) is 1.87. The van der Waals surface area contributed by atoms with Gasteiger partial charge in [-0.25, -0.2) is 0 Å². The van der Waals surface area contributed by atoms with E-state index in [1.54, 1.807) is 0 Å². The first-order valence-corrected chi connectivity index (χ1v) is 13.8. The second kappa shape index (κ2) is 4.83. The van der Waals surface area contributed by atoms with Crippen LogP contribution < -0.4 is 0 Å². The molecule has 0 aromatic rings. The van der Waals surface area contributed by atoms with Gasteiger partial charge in [0, 0.05) is 11.1 Å². The van der Waals surface area contributed by atoms with E-state index in [-0.39, 0.29) is 12.2 Å². The highest BCUT2D eigenvalue weighted by atomic mass is 28.3. The van der Waals surface area contributed by atoms with Crippen LogP contribution in [0.5, 0.6) is 0 Å². The zero-order chi connectivity index (χ0) is 14.3. The lowest BCUT2D eigenvalue weighted by atomic mass is 9.98. The zero-order valence-electron chi connectivity index (χ0n) is 12.7. The Balaban J connectivity index is 2.36. The van der Waals surface area contributed by atoms with Crippen molar-refractivity contribution >= 4 is 16.1 Å². The Labute approximate surface area is 119 Å². The third-order valence-corrected chi connectivity index (χ3v) is 4.51. The Hall–Kier alpha value is -1.01. The summed E-state index contributed by atoms with van der Waals surface area (Å²) in [7, 11) is -2.71. The van der Waals surface area contributed by atoms with Crippen molar-refractivity contribution in [3.63, 3.8) is 0 Å². The highest BCUT2D eigenvalue weighted by Gasteiger charge is 2.35. The maximum Gasteiger partial charge on any atom is 0.129 e. The Morgan fingerprint density at radius 1 is 0.789 bits per heavy atom. The Morgan fingerprint density at radius 2 is 1.16 bits per heavy atom. The average molecular weight is 287 g/mol. The molecule has 19 heavy (non-hydrogen) atoms. The van der Waals surface area contributed by atoms with Crippen molar-refractivity contribution in [3.05, 3.63) is 23.3 Å². The molecule has 2 aliphatic heterocycles. The van der Waals surface area contributed by atoms with Gasteiger partial charge in [-0.3, -0.25) is 0 Å². The summed E-state index contributed by atoms with van der Waals surface area (Å²) in [6.07, 6.45) is 4.33. The number of fused-ring (bicyclic) bond motifs is 2. The molecule has 1 nitrogen and oxygen atoms in total. The van der Waals surface area contributed by atoms with E-state index in [1.807, 2.05) is 0 Å². The van der Waals surface area contributed by atoms with E-state index in [2.05, 4.69) is 74.4 Å². The molecule has 100 valence electrons. The molecule has 2 aliphatic rings. The lowest BCUT2D eigenvalue weighted by Gasteiger charge is -2.07. The number of rotatable bonds is 0. The summed E-state index contributed by atoms with van der Waals surface area (Å²) in [6.45, 7) is 13.6. The highest BCUT2D eigenvalue weighted by molar-refractivity contribution is 6.84. The van der Waals surface area contributed by atoms with Gasteiger partial charge in [0.05, 0.1) is 0 Å². The molecule has 0 aromatic carbocycles. The molecule has 2 heterocycles. The van der Waals surface area contributed by atoms with Gasteiger partial charge < -0.3 is 4.74 Å². The van der Waals surface area contributed by atoms with Crippen LogP contribution in [0.2, 0.25) is 39.3 Å². The first kappa shape index (κ1) is 14.4. The summed E-state index contributed by atoms with van der Waals surface area (Å²) in [5, 5.41) is 0. The number of ether oxygens (including phenoxy) is 1. The van der Waals surface area contributed by atoms with Crippen LogP contribution in [0, 0.1) is 22.9 Å². The molecule has 0 N–H and O–H groups in total. The predicted octanol–water partition coefficient (Wildman–Crippen LogP) is 3.38. The van der Waals surface area contributed by atoms with E-state index in [0.29, 0.717) is 0 Å². The van der Waals surface area contributed by atoms with Crippen molar-refractivity contribution < 1.29 is 4.74 Å². The summed E-state index contributed by atoms with van der Waals surface area (Å²) in [5.74, 6) is 6.73. The van der Waals surface area contributed by atoms with Crippen LogP contribution in [0.25, 0.3) is 0 Å². The zero-order valence-corrected chi connectivity index (χ0v) is 14.7. The topological polar surface area (TPSA) is 9.23 Å². The van der Waals surface area contributed by atoms with E-state index in [4.69, 9.17) is 4.74 Å². The monoisotopic (exact) mass is 286 g/mol. The molecule has 3 heteroatoms. The van der Waals surface area contributed by atoms with Crippen molar-refractivity contribution in [1.82, 2.24) is 0 Å². The van der Waals surface area contributed by atoms with Crippen molar-refractivity contribution in [3.8, 4) is 22.9 Å².